The molecule has 3 N–H and O–H groups in total. The van der Waals surface area contributed by atoms with E-state index in [1.807, 2.05) is 24.3 Å². The van der Waals surface area contributed by atoms with E-state index in [4.69, 9.17) is 5.73 Å². The maximum Gasteiger partial charge on any atom is 0.228 e. The second-order valence-corrected chi connectivity index (χ2v) is 4.95. The molecule has 1 atom stereocenters. The summed E-state index contributed by atoms with van der Waals surface area (Å²) in [6.45, 7) is 0. The molecule has 0 spiro atoms. The van der Waals surface area contributed by atoms with Crippen molar-refractivity contribution in [2.24, 2.45) is 5.73 Å². The van der Waals surface area contributed by atoms with Crippen LogP contribution in [0.15, 0.2) is 40.6 Å². The van der Waals surface area contributed by atoms with E-state index in [2.05, 4.69) is 37.4 Å². The minimum Gasteiger partial charge on any atom is -0.383 e. The summed E-state index contributed by atoms with van der Waals surface area (Å²) < 4.78 is 2.40. The van der Waals surface area contributed by atoms with Gasteiger partial charge in [-0.05, 0) is 17.7 Å². The molecule has 0 amide bonds. The molecule has 7 heteroatoms. The van der Waals surface area contributed by atoms with Crippen LogP contribution in [-0.2, 0) is 0 Å². The van der Waals surface area contributed by atoms with Crippen LogP contribution in [0.5, 0.6) is 0 Å². The Morgan fingerprint density at radius 3 is 2.79 bits per heavy atom. The zero-order valence-corrected chi connectivity index (χ0v) is 11.3. The second-order valence-electron chi connectivity index (χ2n) is 4.04. The van der Waals surface area contributed by atoms with E-state index < -0.39 is 0 Å². The van der Waals surface area contributed by atoms with Gasteiger partial charge in [-0.25, -0.2) is 0 Å². The van der Waals surface area contributed by atoms with Gasteiger partial charge in [0.25, 0.3) is 0 Å². The maximum atomic E-state index is 9.31. The average molecular weight is 317 g/mol. The van der Waals surface area contributed by atoms with E-state index in [0.29, 0.717) is 17.3 Å². The predicted molar refractivity (Wildman–Crippen MR) is 73.5 cm³/mol. The van der Waals surface area contributed by atoms with Crippen molar-refractivity contribution in [3.63, 3.8) is 0 Å². The molecule has 2 heterocycles. The molecular weight excluding hydrogens is 308 g/mol. The molecular formula is C12H9BrN6. The van der Waals surface area contributed by atoms with Crippen molar-refractivity contribution in [1.29, 1.82) is 5.26 Å². The van der Waals surface area contributed by atoms with E-state index in [0.717, 1.165) is 10.0 Å². The molecule has 2 aromatic rings. The van der Waals surface area contributed by atoms with Gasteiger partial charge in [0.05, 0.1) is 11.6 Å². The van der Waals surface area contributed by atoms with Crippen LogP contribution in [0.25, 0.3) is 5.82 Å². The van der Waals surface area contributed by atoms with Crippen molar-refractivity contribution in [2.45, 2.75) is 6.04 Å². The molecule has 1 aromatic carbocycles. The van der Waals surface area contributed by atoms with Gasteiger partial charge in [-0.1, -0.05) is 28.1 Å². The summed E-state index contributed by atoms with van der Waals surface area (Å²) in [7, 11) is 0. The highest BCUT2D eigenvalue weighted by Crippen LogP contribution is 2.32. The first-order chi connectivity index (χ1) is 9.20. The molecule has 0 radical (unpaired) electrons. The summed E-state index contributed by atoms with van der Waals surface area (Å²) in [5, 5.41) is 16.4. The van der Waals surface area contributed by atoms with E-state index in [1.165, 1.54) is 11.0 Å². The first-order valence-electron chi connectivity index (χ1n) is 5.53. The monoisotopic (exact) mass is 316 g/mol. The zero-order valence-electron chi connectivity index (χ0n) is 9.71. The Bertz CT molecular complexity index is 694. The molecule has 0 saturated carbocycles. The van der Waals surface area contributed by atoms with Gasteiger partial charge in [-0.2, -0.15) is 20.0 Å². The zero-order chi connectivity index (χ0) is 13.4. The number of rotatable bonds is 1. The van der Waals surface area contributed by atoms with Crippen LogP contribution in [0.2, 0.25) is 0 Å². The van der Waals surface area contributed by atoms with E-state index >= 15 is 0 Å². The Kier molecular flexibility index (Phi) is 2.72. The smallest absolute Gasteiger partial charge is 0.228 e. The first kappa shape index (κ1) is 11.7. The van der Waals surface area contributed by atoms with Gasteiger partial charge in [0.1, 0.15) is 18.2 Å². The highest BCUT2D eigenvalue weighted by atomic mass is 79.9. The summed E-state index contributed by atoms with van der Waals surface area (Å²) in [4.78, 5) is 4.08. The van der Waals surface area contributed by atoms with E-state index in [1.54, 1.807) is 0 Å². The number of fused-ring (bicyclic) bond motifs is 1. The number of halogens is 1. The molecule has 1 aliphatic heterocycles. The highest BCUT2D eigenvalue weighted by molar-refractivity contribution is 9.10. The lowest BCUT2D eigenvalue weighted by Gasteiger charge is -2.25. The van der Waals surface area contributed by atoms with Crippen LogP contribution in [0.1, 0.15) is 11.6 Å². The molecule has 6 nitrogen and oxygen atoms in total. The van der Waals surface area contributed by atoms with Gasteiger partial charge in [0, 0.05) is 4.47 Å². The standard InChI is InChI=1S/C12H9BrN6/c13-8-3-1-7(2-4-8)10-9(5-14)11(15)19-12(18-10)16-6-17-19/h1-4,6,10H,15H2,(H,16,17,18)/t10-/m1/s1. The summed E-state index contributed by atoms with van der Waals surface area (Å²) >= 11 is 3.38. The Hall–Kier alpha value is -2.33. The van der Waals surface area contributed by atoms with Crippen LogP contribution in [0, 0.1) is 11.3 Å². The molecule has 1 aliphatic rings. The largest absolute Gasteiger partial charge is 0.383 e. The van der Waals surface area contributed by atoms with E-state index in [-0.39, 0.29) is 6.04 Å². The molecule has 0 unspecified atom stereocenters. The SMILES string of the molecule is N#CC1=C(N)n2ncnc2N[C@@H]1c1ccc(Br)cc1. The van der Waals surface area contributed by atoms with Crippen LogP contribution in [-0.4, -0.2) is 14.8 Å². The number of aromatic nitrogens is 3. The van der Waals surface area contributed by atoms with Gasteiger partial charge in [0.2, 0.25) is 5.95 Å². The number of nitrogens with one attached hydrogen (secondary N) is 1. The summed E-state index contributed by atoms with van der Waals surface area (Å²) in [5.41, 5.74) is 7.34. The number of hydrogen-bond donors (Lipinski definition) is 2. The molecule has 3 rings (SSSR count). The van der Waals surface area contributed by atoms with Crippen LogP contribution in [0.4, 0.5) is 5.95 Å². The summed E-state index contributed by atoms with van der Waals surface area (Å²) in [6.07, 6.45) is 1.40. The van der Waals surface area contributed by atoms with Crippen molar-refractivity contribution < 1.29 is 0 Å². The number of benzene rings is 1. The van der Waals surface area contributed by atoms with Gasteiger partial charge in [0.15, 0.2) is 0 Å². The quantitative estimate of drug-likeness (QED) is 0.837. The fourth-order valence-electron chi connectivity index (χ4n) is 2.01. The minimum atomic E-state index is -0.310. The highest BCUT2D eigenvalue weighted by Gasteiger charge is 2.28. The summed E-state index contributed by atoms with van der Waals surface area (Å²) in [6, 6.07) is 9.52. The van der Waals surface area contributed by atoms with Crippen molar-refractivity contribution in [3.05, 3.63) is 46.2 Å². The molecule has 0 bridgehead atoms. The Labute approximate surface area is 117 Å². The molecule has 0 aliphatic carbocycles. The molecule has 19 heavy (non-hydrogen) atoms. The number of anilines is 1. The lowest BCUT2D eigenvalue weighted by atomic mass is 9.98. The Morgan fingerprint density at radius 1 is 1.37 bits per heavy atom. The normalized spacial score (nSPS) is 17.6. The third-order valence-electron chi connectivity index (χ3n) is 2.94. The second kappa shape index (κ2) is 4.40. The van der Waals surface area contributed by atoms with Crippen LogP contribution in [0.3, 0.4) is 0 Å². The van der Waals surface area contributed by atoms with Gasteiger partial charge >= 0.3 is 0 Å². The van der Waals surface area contributed by atoms with Gasteiger partial charge < -0.3 is 11.1 Å². The van der Waals surface area contributed by atoms with Crippen molar-refractivity contribution in [3.8, 4) is 6.07 Å². The molecule has 0 saturated heterocycles. The topological polar surface area (TPSA) is 92.5 Å². The lowest BCUT2D eigenvalue weighted by Crippen LogP contribution is -2.27. The van der Waals surface area contributed by atoms with Crippen molar-refractivity contribution in [2.75, 3.05) is 5.32 Å². The van der Waals surface area contributed by atoms with Crippen LogP contribution < -0.4 is 11.1 Å². The number of hydrogen-bond acceptors (Lipinski definition) is 5. The van der Waals surface area contributed by atoms with Gasteiger partial charge in [-0.15, -0.1) is 0 Å². The maximum absolute atomic E-state index is 9.31. The predicted octanol–water partition coefficient (Wildman–Crippen LogP) is 1.86. The number of nitrogens with two attached hydrogens (primary N) is 1. The molecule has 0 fully saturated rings. The number of nitriles is 1. The van der Waals surface area contributed by atoms with Gasteiger partial charge in [-0.3, -0.25) is 0 Å². The Balaban J connectivity index is 2.11. The molecule has 1 aromatic heterocycles. The number of nitrogens with zero attached hydrogens (tertiary/aromatic N) is 4. The first-order valence-corrected chi connectivity index (χ1v) is 6.32. The fourth-order valence-corrected chi connectivity index (χ4v) is 2.27. The minimum absolute atomic E-state index is 0.307. The Morgan fingerprint density at radius 2 is 2.11 bits per heavy atom. The fraction of sp³-hybridized carbons (Fsp3) is 0.0833. The van der Waals surface area contributed by atoms with Crippen LogP contribution >= 0.6 is 15.9 Å². The third kappa shape index (κ3) is 1.86. The average Bonchev–Trinajstić information content (AvgIpc) is 2.88. The summed E-state index contributed by atoms with van der Waals surface area (Å²) in [5.74, 6) is 0.839. The van der Waals surface area contributed by atoms with Crippen molar-refractivity contribution in [1.82, 2.24) is 14.8 Å². The molecule has 94 valence electrons. The lowest BCUT2D eigenvalue weighted by molar-refractivity contribution is 0.794. The van der Waals surface area contributed by atoms with E-state index in [9.17, 15) is 5.26 Å². The third-order valence-corrected chi connectivity index (χ3v) is 3.47. The van der Waals surface area contributed by atoms with Crippen molar-refractivity contribution >= 4 is 27.7 Å².